The van der Waals surface area contributed by atoms with Crippen LogP contribution in [0.2, 0.25) is 0 Å². The maximum atomic E-state index is 2.35. The van der Waals surface area contributed by atoms with E-state index in [1.807, 2.05) is 0 Å². The molecule has 1 aliphatic carbocycles. The summed E-state index contributed by atoms with van der Waals surface area (Å²) in [5.41, 5.74) is 2.85. The van der Waals surface area contributed by atoms with Gasteiger partial charge >= 0.3 is 0 Å². The molecule has 78 valence electrons. The third-order valence-corrected chi connectivity index (χ3v) is 3.00. The molecular formula is C15H18. The second-order valence-corrected chi connectivity index (χ2v) is 4.26. The Kier molecular flexibility index (Phi) is 3.39. The van der Waals surface area contributed by atoms with Crippen molar-refractivity contribution in [3.05, 3.63) is 59.7 Å². The second-order valence-electron chi connectivity index (χ2n) is 4.26. The van der Waals surface area contributed by atoms with Gasteiger partial charge in [-0.15, -0.1) is 0 Å². The van der Waals surface area contributed by atoms with E-state index < -0.39 is 0 Å². The van der Waals surface area contributed by atoms with E-state index in [2.05, 4.69) is 55.5 Å². The smallest absolute Gasteiger partial charge is 0.00212 e. The van der Waals surface area contributed by atoms with Crippen LogP contribution in [0.1, 0.15) is 37.7 Å². The van der Waals surface area contributed by atoms with Gasteiger partial charge in [0, 0.05) is 5.92 Å². The van der Waals surface area contributed by atoms with Crippen molar-refractivity contribution in [3.8, 4) is 0 Å². The fourth-order valence-electron chi connectivity index (χ4n) is 2.08. The molecule has 0 N–H and O–H groups in total. The largest absolute Gasteiger partial charge is 0.0816 e. The molecule has 0 radical (unpaired) electrons. The summed E-state index contributed by atoms with van der Waals surface area (Å²) in [5.74, 6) is 0.606. The SMILES string of the molecule is CC1=CCCCC(c2ccccc2)C=C1. The Bertz CT molecular complexity index is 357. The van der Waals surface area contributed by atoms with Crippen LogP contribution in [-0.4, -0.2) is 0 Å². The van der Waals surface area contributed by atoms with E-state index in [0.717, 1.165) is 0 Å². The van der Waals surface area contributed by atoms with Crippen molar-refractivity contribution in [1.29, 1.82) is 0 Å². The first-order chi connectivity index (χ1) is 7.36. The zero-order chi connectivity index (χ0) is 10.5. The number of benzene rings is 1. The van der Waals surface area contributed by atoms with Gasteiger partial charge in [-0.3, -0.25) is 0 Å². The van der Waals surface area contributed by atoms with Crippen LogP contribution in [0.15, 0.2) is 54.1 Å². The van der Waals surface area contributed by atoms with Crippen LogP contribution in [0.25, 0.3) is 0 Å². The molecule has 0 saturated heterocycles. The van der Waals surface area contributed by atoms with Crippen molar-refractivity contribution in [2.45, 2.75) is 32.1 Å². The molecule has 2 rings (SSSR count). The van der Waals surface area contributed by atoms with Crippen molar-refractivity contribution in [1.82, 2.24) is 0 Å². The molecule has 1 atom stereocenters. The van der Waals surface area contributed by atoms with Crippen molar-refractivity contribution in [2.75, 3.05) is 0 Å². The van der Waals surface area contributed by atoms with Crippen LogP contribution in [0.3, 0.4) is 0 Å². The zero-order valence-electron chi connectivity index (χ0n) is 9.32. The Hall–Kier alpha value is -1.30. The van der Waals surface area contributed by atoms with E-state index in [-0.39, 0.29) is 0 Å². The number of rotatable bonds is 1. The Morgan fingerprint density at radius 3 is 2.73 bits per heavy atom. The Morgan fingerprint density at radius 1 is 1.13 bits per heavy atom. The van der Waals surface area contributed by atoms with E-state index in [1.165, 1.54) is 30.4 Å². The fraction of sp³-hybridized carbons (Fsp3) is 0.333. The van der Waals surface area contributed by atoms with E-state index in [4.69, 9.17) is 0 Å². The highest BCUT2D eigenvalue weighted by Crippen LogP contribution is 2.25. The zero-order valence-corrected chi connectivity index (χ0v) is 9.32. The molecule has 0 bridgehead atoms. The maximum Gasteiger partial charge on any atom is 0.00212 e. The summed E-state index contributed by atoms with van der Waals surface area (Å²) in [5, 5.41) is 0. The molecule has 1 aromatic rings. The lowest BCUT2D eigenvalue weighted by Gasteiger charge is -2.14. The lowest BCUT2D eigenvalue weighted by Crippen LogP contribution is -1.96. The molecule has 0 fully saturated rings. The lowest BCUT2D eigenvalue weighted by molar-refractivity contribution is 0.679. The molecular weight excluding hydrogens is 180 g/mol. The second kappa shape index (κ2) is 4.97. The standard InChI is InChI=1S/C15H18/c1-13-7-5-6-10-15(12-11-13)14-8-3-2-4-9-14/h2-4,7-9,11-12,15H,5-6,10H2,1H3. The van der Waals surface area contributed by atoms with Crippen LogP contribution in [-0.2, 0) is 0 Å². The minimum atomic E-state index is 0.606. The highest BCUT2D eigenvalue weighted by Gasteiger charge is 2.08. The van der Waals surface area contributed by atoms with Gasteiger partial charge in [-0.2, -0.15) is 0 Å². The highest BCUT2D eigenvalue weighted by atomic mass is 14.1. The number of allylic oxidation sites excluding steroid dienone is 4. The summed E-state index contributed by atoms with van der Waals surface area (Å²) in [4.78, 5) is 0. The van der Waals surface area contributed by atoms with E-state index in [0.29, 0.717) is 5.92 Å². The van der Waals surface area contributed by atoms with Gasteiger partial charge in [-0.25, -0.2) is 0 Å². The van der Waals surface area contributed by atoms with E-state index in [1.54, 1.807) is 0 Å². The van der Waals surface area contributed by atoms with Gasteiger partial charge in [0.15, 0.2) is 0 Å². The predicted octanol–water partition coefficient (Wildman–Crippen LogP) is 4.46. The van der Waals surface area contributed by atoms with Crippen LogP contribution < -0.4 is 0 Å². The first-order valence-electron chi connectivity index (χ1n) is 5.76. The molecule has 0 heteroatoms. The van der Waals surface area contributed by atoms with Gasteiger partial charge in [0.1, 0.15) is 0 Å². The Labute approximate surface area is 92.3 Å². The quantitative estimate of drug-likeness (QED) is 0.625. The van der Waals surface area contributed by atoms with E-state index in [9.17, 15) is 0 Å². The van der Waals surface area contributed by atoms with Gasteiger partial charge in [-0.05, 0) is 31.7 Å². The van der Waals surface area contributed by atoms with Gasteiger partial charge in [-0.1, -0.05) is 54.1 Å². The average molecular weight is 198 g/mol. The maximum absolute atomic E-state index is 2.35. The number of hydrogen-bond acceptors (Lipinski definition) is 0. The van der Waals surface area contributed by atoms with Crippen molar-refractivity contribution < 1.29 is 0 Å². The summed E-state index contributed by atoms with van der Waals surface area (Å²) in [6.07, 6.45) is 10.7. The van der Waals surface area contributed by atoms with Gasteiger partial charge < -0.3 is 0 Å². The van der Waals surface area contributed by atoms with Crippen LogP contribution >= 0.6 is 0 Å². The first kappa shape index (κ1) is 10.2. The molecule has 0 aliphatic heterocycles. The van der Waals surface area contributed by atoms with Gasteiger partial charge in [0.2, 0.25) is 0 Å². The van der Waals surface area contributed by atoms with Gasteiger partial charge in [0.05, 0.1) is 0 Å². The molecule has 1 unspecified atom stereocenters. The lowest BCUT2D eigenvalue weighted by atomic mass is 9.91. The Morgan fingerprint density at radius 2 is 1.93 bits per heavy atom. The van der Waals surface area contributed by atoms with Crippen LogP contribution in [0.4, 0.5) is 0 Å². The van der Waals surface area contributed by atoms with E-state index >= 15 is 0 Å². The highest BCUT2D eigenvalue weighted by molar-refractivity contribution is 5.27. The Balaban J connectivity index is 2.19. The first-order valence-corrected chi connectivity index (χ1v) is 5.76. The van der Waals surface area contributed by atoms with Crippen LogP contribution in [0, 0.1) is 0 Å². The molecule has 1 aliphatic rings. The summed E-state index contributed by atoms with van der Waals surface area (Å²) < 4.78 is 0. The normalized spacial score (nSPS) is 21.7. The molecule has 0 heterocycles. The van der Waals surface area contributed by atoms with Crippen LogP contribution in [0.5, 0.6) is 0 Å². The average Bonchev–Trinajstić information content (AvgIpc) is 2.25. The summed E-state index contributed by atoms with van der Waals surface area (Å²) >= 11 is 0. The summed E-state index contributed by atoms with van der Waals surface area (Å²) in [6, 6.07) is 10.8. The molecule has 0 amide bonds. The molecule has 0 spiro atoms. The van der Waals surface area contributed by atoms with Crippen molar-refractivity contribution >= 4 is 0 Å². The molecule has 0 aromatic heterocycles. The molecule has 0 nitrogen and oxygen atoms in total. The van der Waals surface area contributed by atoms with Crippen molar-refractivity contribution in [2.24, 2.45) is 0 Å². The minimum absolute atomic E-state index is 0.606. The molecule has 1 aromatic carbocycles. The fourth-order valence-corrected chi connectivity index (χ4v) is 2.08. The summed E-state index contributed by atoms with van der Waals surface area (Å²) in [7, 11) is 0. The molecule has 15 heavy (non-hydrogen) atoms. The van der Waals surface area contributed by atoms with Crippen molar-refractivity contribution in [3.63, 3.8) is 0 Å². The minimum Gasteiger partial charge on any atom is -0.0816 e. The third-order valence-electron chi connectivity index (χ3n) is 3.00. The topological polar surface area (TPSA) is 0 Å². The third kappa shape index (κ3) is 2.82. The summed E-state index contributed by atoms with van der Waals surface area (Å²) in [6.45, 7) is 2.18. The predicted molar refractivity (Wildman–Crippen MR) is 65.9 cm³/mol. The number of hydrogen-bond donors (Lipinski definition) is 0. The van der Waals surface area contributed by atoms with Gasteiger partial charge in [0.25, 0.3) is 0 Å². The molecule has 0 saturated carbocycles. The monoisotopic (exact) mass is 198 g/mol.